The van der Waals surface area contributed by atoms with Crippen LogP contribution >= 0.6 is 22.7 Å². The number of H-pyrrole nitrogens is 2. The molecular weight excluding hydrogens is 551 g/mol. The summed E-state index contributed by atoms with van der Waals surface area (Å²) in [5, 5.41) is 17.4. The molecule has 2 atom stereocenters. The Morgan fingerprint density at radius 2 is 1.90 bits per heavy atom. The fraction of sp³-hybridized carbons (Fsp3) is 0.360. The third kappa shape index (κ3) is 5.49. The minimum atomic E-state index is -5.08. The van der Waals surface area contributed by atoms with Gasteiger partial charge in [-0.25, -0.2) is 14.8 Å². The Kier molecular flexibility index (Phi) is 7.35. The van der Waals surface area contributed by atoms with Gasteiger partial charge in [-0.05, 0) is 44.5 Å². The zero-order valence-corrected chi connectivity index (χ0v) is 22.9. The van der Waals surface area contributed by atoms with Gasteiger partial charge in [-0.3, -0.25) is 5.10 Å². The minimum absolute atomic E-state index is 0.537. The first-order chi connectivity index (χ1) is 18.5. The average molecular weight is 578 g/mol. The molecular formula is C25H26F3N7O2S2. The number of benzene rings is 1. The molecule has 39 heavy (non-hydrogen) atoms. The van der Waals surface area contributed by atoms with E-state index in [1.807, 2.05) is 18.6 Å². The molecule has 0 aliphatic carbocycles. The second-order valence-corrected chi connectivity index (χ2v) is 11.4. The number of thiazole rings is 2. The summed E-state index contributed by atoms with van der Waals surface area (Å²) in [5.74, 6) is -2.76. The Morgan fingerprint density at radius 3 is 2.54 bits per heavy atom. The van der Waals surface area contributed by atoms with Crippen molar-refractivity contribution in [1.29, 1.82) is 0 Å². The van der Waals surface area contributed by atoms with Crippen molar-refractivity contribution < 1.29 is 23.1 Å². The van der Waals surface area contributed by atoms with Crippen LogP contribution in [0.1, 0.15) is 19.8 Å². The number of alkyl halides is 3. The van der Waals surface area contributed by atoms with E-state index in [2.05, 4.69) is 64.2 Å². The number of anilines is 1. The lowest BCUT2D eigenvalue weighted by Crippen LogP contribution is -2.46. The number of aromatic nitrogens is 5. The lowest BCUT2D eigenvalue weighted by molar-refractivity contribution is -0.192. The molecule has 1 saturated heterocycles. The second-order valence-electron chi connectivity index (χ2n) is 9.46. The van der Waals surface area contributed by atoms with Crippen molar-refractivity contribution in [2.45, 2.75) is 38.0 Å². The Morgan fingerprint density at radius 1 is 1.18 bits per heavy atom. The maximum atomic E-state index is 10.6. The number of aromatic amines is 2. The van der Waals surface area contributed by atoms with Crippen molar-refractivity contribution in [3.8, 4) is 21.7 Å². The molecule has 14 heteroatoms. The normalized spacial score (nSPS) is 18.3. The molecule has 5 aromatic rings. The SMILES string of the molecule is CC1CC(N(C)c2nc3sc(-c4ccc(-c5cn[nH]c5)c5cc[nH]c45)nc3s2)CCN1C.O=C(O)C(F)(F)F. The molecule has 0 amide bonds. The summed E-state index contributed by atoms with van der Waals surface area (Å²) in [6.07, 6.45) is 3.03. The van der Waals surface area contributed by atoms with Gasteiger partial charge >= 0.3 is 12.1 Å². The highest BCUT2D eigenvalue weighted by Crippen LogP contribution is 2.40. The van der Waals surface area contributed by atoms with E-state index in [1.165, 1.54) is 18.2 Å². The van der Waals surface area contributed by atoms with Crippen LogP contribution < -0.4 is 4.90 Å². The van der Waals surface area contributed by atoms with Gasteiger partial charge in [0.25, 0.3) is 0 Å². The Balaban J connectivity index is 0.000000392. The lowest BCUT2D eigenvalue weighted by atomic mass is 9.98. The number of nitrogens with zero attached hydrogens (tertiary/aromatic N) is 5. The monoisotopic (exact) mass is 577 g/mol. The van der Waals surface area contributed by atoms with Crippen LogP contribution in [0.4, 0.5) is 18.3 Å². The van der Waals surface area contributed by atoms with Crippen LogP contribution in [-0.4, -0.2) is 80.0 Å². The summed E-state index contributed by atoms with van der Waals surface area (Å²) in [5.41, 5.74) is 4.46. The maximum absolute atomic E-state index is 10.6. The van der Waals surface area contributed by atoms with Crippen molar-refractivity contribution in [2.24, 2.45) is 0 Å². The molecule has 1 aliphatic heterocycles. The van der Waals surface area contributed by atoms with E-state index in [4.69, 9.17) is 19.9 Å². The van der Waals surface area contributed by atoms with Gasteiger partial charge < -0.3 is 19.9 Å². The van der Waals surface area contributed by atoms with E-state index in [0.717, 1.165) is 48.6 Å². The number of carboxylic acid groups (broad SMARTS) is 1. The van der Waals surface area contributed by atoms with Gasteiger partial charge in [-0.15, -0.1) is 0 Å². The summed E-state index contributed by atoms with van der Waals surface area (Å²) in [7, 11) is 4.40. The summed E-state index contributed by atoms with van der Waals surface area (Å²) >= 11 is 3.38. The molecule has 1 aromatic carbocycles. The molecule has 1 aliphatic rings. The Labute approximate surface area is 229 Å². The van der Waals surface area contributed by atoms with Crippen molar-refractivity contribution in [3.05, 3.63) is 36.8 Å². The van der Waals surface area contributed by atoms with E-state index >= 15 is 0 Å². The summed E-state index contributed by atoms with van der Waals surface area (Å²) in [4.78, 5) is 29.1. The van der Waals surface area contributed by atoms with Gasteiger partial charge in [-0.2, -0.15) is 18.3 Å². The highest BCUT2D eigenvalue weighted by atomic mass is 32.1. The Bertz CT molecular complexity index is 1560. The number of hydrogen-bond acceptors (Lipinski definition) is 8. The molecule has 3 N–H and O–H groups in total. The van der Waals surface area contributed by atoms with E-state index in [0.29, 0.717) is 12.1 Å². The number of nitrogens with one attached hydrogen (secondary N) is 2. The van der Waals surface area contributed by atoms with Crippen LogP contribution in [0.15, 0.2) is 36.8 Å². The lowest BCUT2D eigenvalue weighted by Gasteiger charge is -2.39. The smallest absolute Gasteiger partial charge is 0.475 e. The fourth-order valence-electron chi connectivity index (χ4n) is 4.65. The fourth-order valence-corrected chi connectivity index (χ4v) is 6.76. The molecule has 1 fully saturated rings. The first-order valence-electron chi connectivity index (χ1n) is 12.1. The molecule has 0 spiro atoms. The highest BCUT2D eigenvalue weighted by Gasteiger charge is 2.38. The third-order valence-corrected chi connectivity index (χ3v) is 9.15. The van der Waals surface area contributed by atoms with Crippen molar-refractivity contribution in [3.63, 3.8) is 0 Å². The number of halogens is 3. The molecule has 6 rings (SSSR count). The van der Waals surface area contributed by atoms with Gasteiger partial charge in [0.2, 0.25) is 0 Å². The number of likely N-dealkylation sites (tertiary alicyclic amines) is 1. The largest absolute Gasteiger partial charge is 0.490 e. The molecule has 0 bridgehead atoms. The molecule has 5 heterocycles. The second kappa shape index (κ2) is 10.6. The summed E-state index contributed by atoms with van der Waals surface area (Å²) < 4.78 is 31.7. The van der Waals surface area contributed by atoms with Crippen LogP contribution in [0, 0.1) is 0 Å². The molecule has 206 valence electrons. The summed E-state index contributed by atoms with van der Waals surface area (Å²) in [6.45, 7) is 3.45. The number of rotatable bonds is 4. The Hall–Kier alpha value is -3.49. The van der Waals surface area contributed by atoms with Crippen molar-refractivity contribution in [1.82, 2.24) is 30.0 Å². The van der Waals surface area contributed by atoms with Gasteiger partial charge in [0.15, 0.2) is 14.8 Å². The zero-order valence-electron chi connectivity index (χ0n) is 21.3. The summed E-state index contributed by atoms with van der Waals surface area (Å²) in [6, 6.07) is 7.56. The standard InChI is InChI=1S/C23H25N7S2.C2HF3O2/c1-13-10-15(7-9-29(13)2)30(3)23-28-22-21(32-23)27-20(31-22)18-5-4-16(14-11-25-26-12-14)17-6-8-24-19(17)18;3-2(4,5)1(6)7/h4-6,8,11-13,15,24H,7,9-10H2,1-3H3,(H,25,26);(H,6,7). The zero-order chi connectivity index (χ0) is 27.9. The van der Waals surface area contributed by atoms with Gasteiger partial charge in [0.1, 0.15) is 5.01 Å². The number of hydrogen-bond donors (Lipinski definition) is 3. The first-order valence-corrected chi connectivity index (χ1v) is 13.8. The molecule has 2 unspecified atom stereocenters. The number of carboxylic acids is 1. The number of piperidine rings is 1. The van der Waals surface area contributed by atoms with Crippen LogP contribution in [-0.2, 0) is 4.79 Å². The predicted octanol–water partition coefficient (Wildman–Crippen LogP) is 5.84. The molecule has 0 saturated carbocycles. The van der Waals surface area contributed by atoms with Gasteiger partial charge in [0.05, 0.1) is 11.7 Å². The highest BCUT2D eigenvalue weighted by molar-refractivity contribution is 7.29. The van der Waals surface area contributed by atoms with E-state index in [9.17, 15) is 13.2 Å². The van der Waals surface area contributed by atoms with Crippen molar-refractivity contribution in [2.75, 3.05) is 25.5 Å². The number of carbonyl (C=O) groups is 1. The predicted molar refractivity (Wildman–Crippen MR) is 147 cm³/mol. The van der Waals surface area contributed by atoms with Crippen LogP contribution in [0.5, 0.6) is 0 Å². The maximum Gasteiger partial charge on any atom is 0.490 e. The first kappa shape index (κ1) is 27.1. The van der Waals surface area contributed by atoms with Crippen molar-refractivity contribution >= 4 is 54.3 Å². The van der Waals surface area contributed by atoms with E-state index in [1.54, 1.807) is 22.7 Å². The van der Waals surface area contributed by atoms with E-state index < -0.39 is 12.1 Å². The van der Waals surface area contributed by atoms with Gasteiger partial charge in [-0.1, -0.05) is 28.7 Å². The average Bonchev–Trinajstić information content (AvgIpc) is 3.68. The quantitative estimate of drug-likeness (QED) is 0.246. The topological polar surface area (TPSA) is 114 Å². The number of fused-ring (bicyclic) bond motifs is 2. The van der Waals surface area contributed by atoms with Crippen LogP contribution in [0.2, 0.25) is 0 Å². The van der Waals surface area contributed by atoms with Crippen LogP contribution in [0.25, 0.3) is 42.3 Å². The molecule has 0 radical (unpaired) electrons. The van der Waals surface area contributed by atoms with E-state index in [-0.39, 0.29) is 0 Å². The third-order valence-electron chi connectivity index (χ3n) is 7.00. The number of aliphatic carboxylic acids is 1. The van der Waals surface area contributed by atoms with Gasteiger partial charge in [0, 0.05) is 54.6 Å². The van der Waals surface area contributed by atoms with Crippen LogP contribution in [0.3, 0.4) is 0 Å². The molecule has 4 aromatic heterocycles. The minimum Gasteiger partial charge on any atom is -0.475 e. The molecule has 9 nitrogen and oxygen atoms in total.